The van der Waals surface area contributed by atoms with E-state index in [1.807, 2.05) is 6.92 Å². The van der Waals surface area contributed by atoms with Gasteiger partial charge >= 0.3 is 0 Å². The first-order valence-corrected chi connectivity index (χ1v) is 4.42. The molecule has 1 radical (unpaired) electrons. The van der Waals surface area contributed by atoms with Crippen LogP contribution in [0.3, 0.4) is 0 Å². The third-order valence-corrected chi connectivity index (χ3v) is 1.72. The lowest BCUT2D eigenvalue weighted by Crippen LogP contribution is -1.93. The van der Waals surface area contributed by atoms with Crippen LogP contribution in [0, 0.1) is 30.6 Å². The van der Waals surface area contributed by atoms with Crippen molar-refractivity contribution in [1.29, 1.82) is 0 Å². The van der Waals surface area contributed by atoms with Crippen LogP contribution in [-0.2, 0) is 0 Å². The topological polar surface area (TPSA) is 0 Å². The summed E-state index contributed by atoms with van der Waals surface area (Å²) in [5.41, 5.74) is 0. The Labute approximate surface area is 71.4 Å². The molecule has 0 spiro atoms. The predicted molar refractivity (Wildman–Crippen MR) is 51.0 cm³/mol. The van der Waals surface area contributed by atoms with E-state index in [0.29, 0.717) is 11.8 Å². The van der Waals surface area contributed by atoms with Crippen LogP contribution < -0.4 is 0 Å². The van der Waals surface area contributed by atoms with E-state index in [2.05, 4.69) is 32.6 Å². The van der Waals surface area contributed by atoms with Gasteiger partial charge in [-0.2, -0.15) is 0 Å². The molecule has 0 aromatic rings. The molecule has 0 aliphatic rings. The maximum Gasteiger partial charge on any atom is 0.0174 e. The maximum atomic E-state index is 3.95. The molecule has 0 saturated carbocycles. The summed E-state index contributed by atoms with van der Waals surface area (Å²) in [5.74, 6) is 7.25. The smallest absolute Gasteiger partial charge is 0.0174 e. The lowest BCUT2D eigenvalue weighted by Gasteiger charge is -2.05. The van der Waals surface area contributed by atoms with Crippen molar-refractivity contribution in [2.24, 2.45) is 11.8 Å². The van der Waals surface area contributed by atoms with E-state index in [1.54, 1.807) is 0 Å². The zero-order chi connectivity index (χ0) is 8.69. The lowest BCUT2D eigenvalue weighted by atomic mass is 10.0. The molecule has 0 heteroatoms. The van der Waals surface area contributed by atoms with Crippen molar-refractivity contribution in [3.63, 3.8) is 0 Å². The predicted octanol–water partition coefficient (Wildman–Crippen LogP) is 3.29. The van der Waals surface area contributed by atoms with Crippen molar-refractivity contribution in [2.45, 2.75) is 40.0 Å². The highest BCUT2D eigenvalue weighted by atomic mass is 14.0. The van der Waals surface area contributed by atoms with Gasteiger partial charge in [-0.1, -0.05) is 33.6 Å². The molecule has 0 rings (SSSR count). The Morgan fingerprint density at radius 1 is 1.27 bits per heavy atom. The van der Waals surface area contributed by atoms with E-state index in [9.17, 15) is 0 Å². The maximum absolute atomic E-state index is 3.95. The SMILES string of the molecule is [CH2]C(C)CCCC(C)C#CC. The van der Waals surface area contributed by atoms with E-state index in [-0.39, 0.29) is 0 Å². The molecule has 11 heavy (non-hydrogen) atoms. The molecule has 0 aliphatic carbocycles. The molecule has 2 atom stereocenters. The first-order chi connectivity index (χ1) is 5.16. The van der Waals surface area contributed by atoms with Gasteiger partial charge in [-0.15, -0.1) is 11.8 Å². The van der Waals surface area contributed by atoms with Gasteiger partial charge in [0.05, 0.1) is 0 Å². The second-order valence-electron chi connectivity index (χ2n) is 3.33. The molecule has 0 aliphatic heterocycles. The fourth-order valence-corrected chi connectivity index (χ4v) is 1.09. The highest BCUT2D eigenvalue weighted by Gasteiger charge is 1.98. The Morgan fingerprint density at radius 2 is 1.91 bits per heavy atom. The summed E-state index contributed by atoms with van der Waals surface area (Å²) >= 11 is 0. The number of hydrogen-bond acceptors (Lipinski definition) is 0. The Balaban J connectivity index is 3.29. The molecule has 0 nitrogen and oxygen atoms in total. The third kappa shape index (κ3) is 7.46. The monoisotopic (exact) mass is 151 g/mol. The normalized spacial score (nSPS) is 12.5. The van der Waals surface area contributed by atoms with Crippen LogP contribution in [0.1, 0.15) is 40.0 Å². The van der Waals surface area contributed by atoms with E-state index in [4.69, 9.17) is 0 Å². The summed E-state index contributed by atoms with van der Waals surface area (Å²) in [7, 11) is 0. The van der Waals surface area contributed by atoms with Gasteiger partial charge < -0.3 is 0 Å². The molecule has 0 fully saturated rings. The van der Waals surface area contributed by atoms with Crippen molar-refractivity contribution in [2.75, 3.05) is 0 Å². The molecule has 2 unspecified atom stereocenters. The minimum absolute atomic E-state index is 0.568. The Kier molecular flexibility index (Phi) is 6.03. The van der Waals surface area contributed by atoms with Crippen molar-refractivity contribution in [1.82, 2.24) is 0 Å². The Bertz CT molecular complexity index is 134. The fourth-order valence-electron chi connectivity index (χ4n) is 1.09. The fraction of sp³-hybridized carbons (Fsp3) is 0.727. The molecule has 63 valence electrons. The number of hydrogen-bond donors (Lipinski definition) is 0. The minimum atomic E-state index is 0.568. The van der Waals surface area contributed by atoms with Gasteiger partial charge in [-0.05, 0) is 19.3 Å². The minimum Gasteiger partial charge on any atom is -0.106 e. The van der Waals surface area contributed by atoms with Gasteiger partial charge in [-0.3, -0.25) is 0 Å². The van der Waals surface area contributed by atoms with Crippen LogP contribution in [0.2, 0.25) is 0 Å². The first kappa shape index (κ1) is 10.6. The zero-order valence-electron chi connectivity index (χ0n) is 7.98. The van der Waals surface area contributed by atoms with Crippen LogP contribution in [0.25, 0.3) is 0 Å². The standard InChI is InChI=1S/C11H19/c1-5-7-11(4)9-6-8-10(2)3/h10-11H,2,6,8-9H2,1,3-4H3. The summed E-state index contributed by atoms with van der Waals surface area (Å²) in [6.07, 6.45) is 3.72. The largest absolute Gasteiger partial charge is 0.106 e. The molecule has 0 N–H and O–H groups in total. The molecular formula is C11H19. The summed E-state index contributed by atoms with van der Waals surface area (Å²) in [6, 6.07) is 0. The van der Waals surface area contributed by atoms with Gasteiger partial charge in [0, 0.05) is 5.92 Å². The van der Waals surface area contributed by atoms with Crippen LogP contribution in [-0.4, -0.2) is 0 Å². The molecule has 0 aromatic carbocycles. The van der Waals surface area contributed by atoms with Gasteiger partial charge in [-0.25, -0.2) is 0 Å². The van der Waals surface area contributed by atoms with E-state index in [1.165, 1.54) is 19.3 Å². The highest BCUT2D eigenvalue weighted by molar-refractivity contribution is 4.98. The van der Waals surface area contributed by atoms with Crippen molar-refractivity contribution in [3.8, 4) is 11.8 Å². The summed E-state index contributed by atoms with van der Waals surface area (Å²) < 4.78 is 0. The van der Waals surface area contributed by atoms with E-state index < -0.39 is 0 Å². The van der Waals surface area contributed by atoms with E-state index in [0.717, 1.165) is 0 Å². The van der Waals surface area contributed by atoms with Crippen molar-refractivity contribution < 1.29 is 0 Å². The molecule has 0 saturated heterocycles. The van der Waals surface area contributed by atoms with Crippen LogP contribution in [0.15, 0.2) is 0 Å². The molecule has 0 heterocycles. The molecular weight excluding hydrogens is 132 g/mol. The third-order valence-electron chi connectivity index (χ3n) is 1.72. The molecule has 0 bridgehead atoms. The average Bonchev–Trinajstić information content (AvgIpc) is 1.87. The van der Waals surface area contributed by atoms with Crippen molar-refractivity contribution in [3.05, 3.63) is 6.92 Å². The Hall–Kier alpha value is -0.440. The second-order valence-corrected chi connectivity index (χ2v) is 3.33. The lowest BCUT2D eigenvalue weighted by molar-refractivity contribution is 0.536. The Morgan fingerprint density at radius 3 is 2.36 bits per heavy atom. The average molecular weight is 151 g/mol. The highest BCUT2D eigenvalue weighted by Crippen LogP contribution is 2.10. The van der Waals surface area contributed by atoms with Crippen LogP contribution >= 0.6 is 0 Å². The second kappa shape index (κ2) is 6.28. The first-order valence-electron chi connectivity index (χ1n) is 4.42. The van der Waals surface area contributed by atoms with Crippen LogP contribution in [0.4, 0.5) is 0 Å². The summed E-state index contributed by atoms with van der Waals surface area (Å²) in [4.78, 5) is 0. The van der Waals surface area contributed by atoms with Crippen molar-refractivity contribution >= 4 is 0 Å². The van der Waals surface area contributed by atoms with Gasteiger partial charge in [0.2, 0.25) is 0 Å². The van der Waals surface area contributed by atoms with Gasteiger partial charge in [0.25, 0.3) is 0 Å². The molecule has 0 amide bonds. The van der Waals surface area contributed by atoms with E-state index >= 15 is 0 Å². The van der Waals surface area contributed by atoms with Crippen LogP contribution in [0.5, 0.6) is 0 Å². The van der Waals surface area contributed by atoms with Gasteiger partial charge in [0.1, 0.15) is 0 Å². The zero-order valence-corrected chi connectivity index (χ0v) is 7.98. The molecule has 0 aromatic heterocycles. The number of rotatable bonds is 4. The quantitative estimate of drug-likeness (QED) is 0.541. The van der Waals surface area contributed by atoms with Gasteiger partial charge in [0.15, 0.2) is 0 Å². The summed E-state index contributed by atoms with van der Waals surface area (Å²) in [6.45, 7) is 10.2. The summed E-state index contributed by atoms with van der Waals surface area (Å²) in [5, 5.41) is 0.